The molecule has 5 heterocycles. The number of hydrogen-bond donors (Lipinski definition) is 4. The number of aryl methyl sites for hydroxylation is 1. The largest absolute Gasteiger partial charge is 0.458 e. The van der Waals surface area contributed by atoms with Crippen molar-refractivity contribution in [3.63, 3.8) is 0 Å². The van der Waals surface area contributed by atoms with E-state index in [2.05, 4.69) is 16.0 Å². The molecule has 0 saturated carbocycles. The van der Waals surface area contributed by atoms with Crippen LogP contribution in [0.15, 0.2) is 65.0 Å². The maximum Gasteiger partial charge on any atom is 0.343 e. The quantitative estimate of drug-likeness (QED) is 0.0319. The number of nitrogens with one attached hydrogen (secondary N) is 3. The summed E-state index contributed by atoms with van der Waals surface area (Å²) in [5.74, 6) is -4.69. The van der Waals surface area contributed by atoms with Crippen LogP contribution in [-0.2, 0) is 79.5 Å². The van der Waals surface area contributed by atoms with Gasteiger partial charge in [0, 0.05) is 85.2 Å². The normalized spacial score (nSPS) is 17.6. The standard InChI is InChI=1S/C57H63FN6O12/c1-3-57(75)43-28-46-52-41(31-64(46)55(73)42(43)32-76-56(57)74)51-44(20-18-35-25-37(58)27-45(62-52)50(35)51)61-48(69)17-11-5-9-16-39(66)29-60-53(71)36(24-34-13-7-4-8-14-34)26-40(67)30-59-47(68)21-19-38(65)15-10-6-12-22-63-49(70)23-33(2)54(63)72/h4,7-8,13-14,23,25,27-28,36,44,75H,3,5-6,9-12,15-22,24,26,29-32H2,1-2H3,(H,59,68)(H,60,71)(H,61,69)/t36-,44+,57+/m1/s1. The number of imide groups is 1. The third-order valence-electron chi connectivity index (χ3n) is 14.9. The summed E-state index contributed by atoms with van der Waals surface area (Å²) in [5.41, 5.74) is 2.41. The van der Waals surface area contributed by atoms with Gasteiger partial charge in [0.05, 0.1) is 48.1 Å². The number of amides is 5. The van der Waals surface area contributed by atoms with E-state index in [9.17, 15) is 57.4 Å². The van der Waals surface area contributed by atoms with Gasteiger partial charge in [0.25, 0.3) is 17.4 Å². The van der Waals surface area contributed by atoms with Crippen LogP contribution in [-0.4, -0.2) is 92.0 Å². The van der Waals surface area contributed by atoms with Crippen molar-refractivity contribution in [3.8, 4) is 11.4 Å². The Kier molecular flexibility index (Phi) is 17.3. The maximum absolute atomic E-state index is 15.0. The zero-order valence-electron chi connectivity index (χ0n) is 42.9. The van der Waals surface area contributed by atoms with E-state index >= 15 is 0 Å². The molecule has 0 unspecified atom stereocenters. The van der Waals surface area contributed by atoms with Gasteiger partial charge in [-0.25, -0.2) is 14.2 Å². The van der Waals surface area contributed by atoms with Crippen molar-refractivity contribution in [1.82, 2.24) is 30.4 Å². The topological polar surface area (TPSA) is 257 Å². The number of cyclic esters (lactones) is 1. The fourth-order valence-corrected chi connectivity index (χ4v) is 10.7. The first-order valence-corrected chi connectivity index (χ1v) is 26.2. The molecule has 0 fully saturated rings. The molecular formula is C57H63FN6O12. The Hall–Kier alpha value is -7.54. The summed E-state index contributed by atoms with van der Waals surface area (Å²) >= 11 is 0. The number of hydrogen-bond acceptors (Lipinski definition) is 13. The van der Waals surface area contributed by atoms with Crippen molar-refractivity contribution in [2.24, 2.45) is 5.92 Å². The minimum absolute atomic E-state index is 0.00562. The SMILES string of the molecule is CC[C@@]1(O)C(=O)OCc2c1cc1n(c2=O)Cc2c-1nc1cc(F)cc3c1c2[C@@H](NC(=O)CCCCCC(=O)CNC(=O)[C@@H](CC(=O)CNC(=O)CCC(=O)CCCCCN1C(=O)C=C(C)C1=O)Cc1ccccc1)CC3. The van der Waals surface area contributed by atoms with Gasteiger partial charge in [0.15, 0.2) is 17.2 Å². The number of fused-ring (bicyclic) bond motifs is 5. The molecule has 4 aliphatic rings. The molecule has 4 N–H and O–H groups in total. The molecule has 0 radical (unpaired) electrons. The molecule has 0 saturated heterocycles. The number of ether oxygens (including phenoxy) is 1. The molecule has 5 amide bonds. The van der Waals surface area contributed by atoms with Crippen molar-refractivity contribution in [1.29, 1.82) is 0 Å². The van der Waals surface area contributed by atoms with Gasteiger partial charge in [-0.1, -0.05) is 50.1 Å². The van der Waals surface area contributed by atoms with Crippen molar-refractivity contribution in [3.05, 3.63) is 110 Å². The van der Waals surface area contributed by atoms with Crippen molar-refractivity contribution in [2.45, 2.75) is 141 Å². The monoisotopic (exact) mass is 1040 g/mol. The highest BCUT2D eigenvalue weighted by Crippen LogP contribution is 2.45. The minimum Gasteiger partial charge on any atom is -0.458 e. The van der Waals surface area contributed by atoms with E-state index in [-0.39, 0.29) is 125 Å². The lowest BCUT2D eigenvalue weighted by molar-refractivity contribution is -0.172. The fourth-order valence-electron chi connectivity index (χ4n) is 10.7. The summed E-state index contributed by atoms with van der Waals surface area (Å²) in [4.78, 5) is 135. The molecule has 3 aliphatic heterocycles. The Morgan fingerprint density at radius 1 is 0.842 bits per heavy atom. The van der Waals surface area contributed by atoms with Gasteiger partial charge >= 0.3 is 5.97 Å². The molecule has 3 atom stereocenters. The van der Waals surface area contributed by atoms with E-state index < -0.39 is 52.5 Å². The Bertz CT molecular complexity index is 3110. The molecule has 2 aromatic carbocycles. The molecule has 76 heavy (non-hydrogen) atoms. The van der Waals surface area contributed by atoms with Crippen LogP contribution in [0.4, 0.5) is 4.39 Å². The Morgan fingerprint density at radius 3 is 2.30 bits per heavy atom. The molecule has 18 nitrogen and oxygen atoms in total. The van der Waals surface area contributed by atoms with Crippen LogP contribution in [0.1, 0.15) is 143 Å². The number of pyridine rings is 2. The summed E-state index contributed by atoms with van der Waals surface area (Å²) in [5, 5.41) is 20.4. The smallest absolute Gasteiger partial charge is 0.343 e. The molecular weight excluding hydrogens is 980 g/mol. The number of rotatable bonds is 26. The van der Waals surface area contributed by atoms with Crippen molar-refractivity contribution < 1.29 is 57.4 Å². The maximum atomic E-state index is 15.0. The first kappa shape index (κ1) is 54.7. The van der Waals surface area contributed by atoms with Crippen LogP contribution in [0.3, 0.4) is 0 Å². The molecule has 0 bridgehead atoms. The summed E-state index contributed by atoms with van der Waals surface area (Å²) in [7, 11) is 0. The number of carbonyl (C=O) groups excluding carboxylic acids is 9. The number of halogens is 1. The zero-order valence-corrected chi connectivity index (χ0v) is 42.9. The minimum atomic E-state index is -2.02. The fraction of sp³-hybridized carbons (Fsp3) is 0.456. The second-order valence-corrected chi connectivity index (χ2v) is 20.3. The molecule has 8 rings (SSSR count). The van der Waals surface area contributed by atoms with Gasteiger partial charge in [0.2, 0.25) is 17.7 Å². The van der Waals surface area contributed by atoms with Gasteiger partial charge in [-0.05, 0) is 87.1 Å². The average Bonchev–Trinajstić information content (AvgIpc) is 3.93. The number of unbranched alkanes of at least 4 members (excludes halogenated alkanes) is 4. The van der Waals surface area contributed by atoms with Gasteiger partial charge in [0.1, 0.15) is 18.2 Å². The Balaban J connectivity index is 0.773. The molecule has 2 aromatic heterocycles. The van der Waals surface area contributed by atoms with Crippen LogP contribution in [0.2, 0.25) is 0 Å². The number of carbonyl (C=O) groups is 9. The van der Waals surface area contributed by atoms with Crippen molar-refractivity contribution >= 4 is 63.8 Å². The number of Topliss-reactive ketones (excluding diaryl/α,β-unsaturated/α-hetero) is 3. The van der Waals surface area contributed by atoms with E-state index in [1.807, 2.05) is 30.3 Å². The highest BCUT2D eigenvalue weighted by molar-refractivity contribution is 6.15. The Morgan fingerprint density at radius 2 is 1.57 bits per heavy atom. The molecule has 1 aliphatic carbocycles. The Labute approximate surface area is 438 Å². The van der Waals surface area contributed by atoms with Gasteiger partial charge < -0.3 is 30.4 Å². The zero-order chi connectivity index (χ0) is 54.3. The first-order chi connectivity index (χ1) is 36.4. The lowest BCUT2D eigenvalue weighted by atomic mass is 9.83. The predicted octanol–water partition coefficient (Wildman–Crippen LogP) is 5.12. The summed E-state index contributed by atoms with van der Waals surface area (Å²) in [6.07, 6.45) is 5.91. The lowest BCUT2D eigenvalue weighted by Gasteiger charge is -2.31. The van der Waals surface area contributed by atoms with Crippen LogP contribution in [0, 0.1) is 11.7 Å². The molecule has 19 heteroatoms. The predicted molar refractivity (Wildman–Crippen MR) is 274 cm³/mol. The van der Waals surface area contributed by atoms with E-state index in [1.54, 1.807) is 19.9 Å². The van der Waals surface area contributed by atoms with E-state index in [0.29, 0.717) is 84.8 Å². The summed E-state index contributed by atoms with van der Waals surface area (Å²) in [6, 6.07) is 13.0. The highest BCUT2D eigenvalue weighted by atomic mass is 19.1. The van der Waals surface area contributed by atoms with Gasteiger partial charge in [-0.15, -0.1) is 0 Å². The number of aliphatic hydroxyl groups is 1. The number of aromatic nitrogens is 2. The van der Waals surface area contributed by atoms with Crippen LogP contribution in [0.25, 0.3) is 22.3 Å². The summed E-state index contributed by atoms with van der Waals surface area (Å²) in [6.45, 7) is 2.74. The van der Waals surface area contributed by atoms with E-state index in [1.165, 1.54) is 27.7 Å². The number of esters is 1. The highest BCUT2D eigenvalue weighted by Gasteiger charge is 2.46. The third-order valence-corrected chi connectivity index (χ3v) is 14.9. The van der Waals surface area contributed by atoms with Gasteiger partial charge in [-0.2, -0.15) is 0 Å². The lowest BCUT2D eigenvalue weighted by Crippen LogP contribution is -2.44. The van der Waals surface area contributed by atoms with E-state index in [4.69, 9.17) is 9.72 Å². The molecule has 4 aromatic rings. The number of benzene rings is 2. The molecule has 0 spiro atoms. The number of nitrogens with zero attached hydrogens (tertiary/aromatic N) is 3. The van der Waals surface area contributed by atoms with Crippen LogP contribution in [0.5, 0.6) is 0 Å². The van der Waals surface area contributed by atoms with Gasteiger partial charge in [-0.3, -0.25) is 48.1 Å². The molecule has 400 valence electrons. The number of ketones is 3. The third kappa shape index (κ3) is 12.3. The second-order valence-electron chi connectivity index (χ2n) is 20.3. The average molecular weight is 1040 g/mol. The first-order valence-electron chi connectivity index (χ1n) is 26.2. The van der Waals surface area contributed by atoms with Crippen LogP contribution >= 0.6 is 0 Å². The summed E-state index contributed by atoms with van der Waals surface area (Å²) < 4.78 is 21.7. The van der Waals surface area contributed by atoms with Crippen molar-refractivity contribution in [2.75, 3.05) is 19.6 Å². The van der Waals surface area contributed by atoms with Crippen LogP contribution < -0.4 is 21.5 Å². The second kappa shape index (κ2) is 24.0. The van der Waals surface area contributed by atoms with E-state index in [0.717, 1.165) is 16.7 Å².